The molecule has 0 saturated carbocycles. The zero-order valence-electron chi connectivity index (χ0n) is 12.4. The Morgan fingerprint density at radius 3 is 2.00 bits per heavy atom. The summed E-state index contributed by atoms with van der Waals surface area (Å²) in [5.41, 5.74) is 0.340. The predicted octanol–water partition coefficient (Wildman–Crippen LogP) is 6.31. The van der Waals surface area contributed by atoms with E-state index < -0.39 is 0 Å². The number of rotatable bonds is 3. The summed E-state index contributed by atoms with van der Waals surface area (Å²) in [6.07, 6.45) is 0. The number of hydrogen-bond acceptors (Lipinski definition) is 2. The highest BCUT2D eigenvalue weighted by Gasteiger charge is 2.20. The molecule has 0 nitrogen and oxygen atoms in total. The molecule has 0 aromatic carbocycles. The fourth-order valence-corrected chi connectivity index (χ4v) is 3.19. The Labute approximate surface area is 120 Å². The van der Waals surface area contributed by atoms with Gasteiger partial charge in [-0.15, -0.1) is 11.3 Å². The molecular formula is C16H24S2. The van der Waals surface area contributed by atoms with E-state index in [2.05, 4.69) is 66.8 Å². The van der Waals surface area contributed by atoms with Gasteiger partial charge in [0.05, 0.1) is 0 Å². The van der Waals surface area contributed by atoms with E-state index in [1.165, 1.54) is 14.7 Å². The highest BCUT2D eigenvalue weighted by atomic mass is 32.2. The Balaban J connectivity index is 2.81. The molecule has 0 aliphatic rings. The van der Waals surface area contributed by atoms with Gasteiger partial charge in [0.15, 0.2) is 0 Å². The Bertz CT molecular complexity index is 450. The molecular weight excluding hydrogens is 256 g/mol. The lowest BCUT2D eigenvalue weighted by Crippen LogP contribution is -2.07. The zero-order valence-corrected chi connectivity index (χ0v) is 14.0. The van der Waals surface area contributed by atoms with Gasteiger partial charge in [-0.3, -0.25) is 0 Å². The minimum absolute atomic E-state index is 0.123. The molecule has 0 spiro atoms. The van der Waals surface area contributed by atoms with Gasteiger partial charge in [0.2, 0.25) is 0 Å². The summed E-state index contributed by atoms with van der Waals surface area (Å²) < 4.78 is 0. The van der Waals surface area contributed by atoms with Gasteiger partial charge in [-0.2, -0.15) is 0 Å². The van der Waals surface area contributed by atoms with E-state index in [0.717, 1.165) is 4.91 Å². The van der Waals surface area contributed by atoms with Crippen molar-refractivity contribution in [2.75, 3.05) is 0 Å². The molecule has 0 amide bonds. The van der Waals surface area contributed by atoms with Crippen molar-refractivity contribution in [2.24, 2.45) is 5.41 Å². The SMILES string of the molecule is C=C(SC(=C)C(C)(C)C)c1ccc(C(C)(C)C)s1. The lowest BCUT2D eigenvalue weighted by atomic mass is 9.95. The summed E-state index contributed by atoms with van der Waals surface area (Å²) in [4.78, 5) is 4.93. The molecule has 18 heavy (non-hydrogen) atoms. The van der Waals surface area contributed by atoms with E-state index >= 15 is 0 Å². The minimum Gasteiger partial charge on any atom is -0.139 e. The van der Waals surface area contributed by atoms with Crippen LogP contribution in [0.15, 0.2) is 30.2 Å². The largest absolute Gasteiger partial charge is 0.139 e. The van der Waals surface area contributed by atoms with E-state index in [9.17, 15) is 0 Å². The van der Waals surface area contributed by atoms with Crippen LogP contribution in [0.25, 0.3) is 4.91 Å². The van der Waals surface area contributed by atoms with Crippen molar-refractivity contribution in [1.29, 1.82) is 0 Å². The van der Waals surface area contributed by atoms with Gasteiger partial charge in [0, 0.05) is 14.7 Å². The van der Waals surface area contributed by atoms with Crippen LogP contribution >= 0.6 is 23.1 Å². The molecule has 0 fully saturated rings. The molecule has 0 N–H and O–H groups in total. The quantitative estimate of drug-likeness (QED) is 0.625. The monoisotopic (exact) mass is 280 g/mol. The van der Waals surface area contributed by atoms with Crippen molar-refractivity contribution >= 4 is 28.0 Å². The summed E-state index contributed by atoms with van der Waals surface area (Å²) in [7, 11) is 0. The van der Waals surface area contributed by atoms with Crippen LogP contribution in [-0.4, -0.2) is 0 Å². The lowest BCUT2D eigenvalue weighted by molar-refractivity contribution is 0.535. The molecule has 1 aromatic rings. The predicted molar refractivity (Wildman–Crippen MR) is 88.2 cm³/mol. The molecule has 100 valence electrons. The first-order valence-electron chi connectivity index (χ1n) is 6.18. The average Bonchev–Trinajstić information content (AvgIpc) is 2.63. The van der Waals surface area contributed by atoms with Crippen molar-refractivity contribution in [3.8, 4) is 0 Å². The number of thioether (sulfide) groups is 1. The summed E-state index contributed by atoms with van der Waals surface area (Å²) in [6, 6.07) is 4.39. The van der Waals surface area contributed by atoms with Crippen molar-refractivity contribution < 1.29 is 0 Å². The maximum atomic E-state index is 4.19. The van der Waals surface area contributed by atoms with Gasteiger partial charge < -0.3 is 0 Å². The normalized spacial score (nSPS) is 12.6. The Morgan fingerprint density at radius 2 is 1.61 bits per heavy atom. The summed E-state index contributed by atoms with van der Waals surface area (Å²) >= 11 is 3.54. The third-order valence-electron chi connectivity index (χ3n) is 2.70. The first-order valence-corrected chi connectivity index (χ1v) is 7.82. The molecule has 0 bridgehead atoms. The number of thiophene rings is 1. The van der Waals surface area contributed by atoms with Gasteiger partial charge in [-0.05, 0) is 27.9 Å². The second kappa shape index (κ2) is 5.26. The molecule has 2 heteroatoms. The molecule has 0 unspecified atom stereocenters. The van der Waals surface area contributed by atoms with Crippen LogP contribution in [0.1, 0.15) is 51.3 Å². The fourth-order valence-electron chi connectivity index (χ4n) is 1.24. The van der Waals surface area contributed by atoms with E-state index in [-0.39, 0.29) is 10.8 Å². The molecule has 0 radical (unpaired) electrons. The van der Waals surface area contributed by atoms with Gasteiger partial charge in [-0.1, -0.05) is 66.5 Å². The van der Waals surface area contributed by atoms with Gasteiger partial charge in [0.25, 0.3) is 0 Å². The zero-order chi connectivity index (χ0) is 14.1. The maximum absolute atomic E-state index is 4.19. The molecule has 1 aromatic heterocycles. The Morgan fingerprint density at radius 1 is 1.06 bits per heavy atom. The lowest BCUT2D eigenvalue weighted by Gasteiger charge is -2.21. The molecule has 1 heterocycles. The van der Waals surface area contributed by atoms with Crippen LogP contribution in [0.5, 0.6) is 0 Å². The van der Waals surface area contributed by atoms with Gasteiger partial charge in [-0.25, -0.2) is 0 Å². The smallest absolute Gasteiger partial charge is 0.0406 e. The summed E-state index contributed by atoms with van der Waals surface area (Å²) in [5.74, 6) is 0. The van der Waals surface area contributed by atoms with Crippen molar-refractivity contribution in [3.05, 3.63) is 40.0 Å². The van der Waals surface area contributed by atoms with Crippen LogP contribution in [0.4, 0.5) is 0 Å². The van der Waals surface area contributed by atoms with Crippen molar-refractivity contribution in [1.82, 2.24) is 0 Å². The Kier molecular flexibility index (Phi) is 4.56. The van der Waals surface area contributed by atoms with Gasteiger partial charge >= 0.3 is 0 Å². The van der Waals surface area contributed by atoms with Gasteiger partial charge in [0.1, 0.15) is 0 Å². The first-order chi connectivity index (χ1) is 8.01. The van der Waals surface area contributed by atoms with Crippen LogP contribution in [0.2, 0.25) is 0 Å². The molecule has 1 rings (SSSR count). The topological polar surface area (TPSA) is 0 Å². The molecule has 0 atom stereocenters. The average molecular weight is 281 g/mol. The highest BCUT2D eigenvalue weighted by Crippen LogP contribution is 2.43. The standard InChI is InChI=1S/C16H24S2/c1-11(17-12(2)15(3,4)5)13-9-10-14(18-13)16(6,7)8/h9-10H,1-2H2,3-8H3. The Hall–Kier alpha value is -0.470. The van der Waals surface area contributed by atoms with Crippen molar-refractivity contribution in [3.63, 3.8) is 0 Å². The van der Waals surface area contributed by atoms with Crippen LogP contribution in [0, 0.1) is 5.41 Å². The fraction of sp³-hybridized carbons (Fsp3) is 0.500. The minimum atomic E-state index is 0.123. The number of allylic oxidation sites excluding steroid dienone is 1. The molecule has 0 aliphatic carbocycles. The van der Waals surface area contributed by atoms with E-state index in [0.29, 0.717) is 0 Å². The third-order valence-corrected chi connectivity index (χ3v) is 5.73. The third kappa shape index (κ3) is 4.03. The second-order valence-corrected chi connectivity index (χ2v) is 8.89. The second-order valence-electron chi connectivity index (χ2n) is 6.61. The van der Waals surface area contributed by atoms with Crippen LogP contribution < -0.4 is 0 Å². The molecule has 0 saturated heterocycles. The summed E-state index contributed by atoms with van der Waals surface area (Å²) in [6.45, 7) is 21.6. The van der Waals surface area contributed by atoms with Crippen molar-refractivity contribution in [2.45, 2.75) is 47.0 Å². The highest BCUT2D eigenvalue weighted by molar-refractivity contribution is 8.11. The first kappa shape index (κ1) is 15.6. The van der Waals surface area contributed by atoms with E-state index in [1.54, 1.807) is 11.8 Å². The van der Waals surface area contributed by atoms with Crippen LogP contribution in [0.3, 0.4) is 0 Å². The van der Waals surface area contributed by atoms with Crippen LogP contribution in [-0.2, 0) is 5.41 Å². The number of hydrogen-bond donors (Lipinski definition) is 0. The maximum Gasteiger partial charge on any atom is 0.0406 e. The van der Waals surface area contributed by atoms with E-state index in [4.69, 9.17) is 0 Å². The molecule has 0 aliphatic heterocycles. The summed E-state index contributed by atoms with van der Waals surface area (Å²) in [5, 5.41) is 0. The van der Waals surface area contributed by atoms with E-state index in [1.807, 2.05) is 11.3 Å².